The van der Waals surface area contributed by atoms with Gasteiger partial charge in [-0.1, -0.05) is 47.6 Å². The van der Waals surface area contributed by atoms with Gasteiger partial charge < -0.3 is 10.3 Å². The zero-order valence-electron chi connectivity index (χ0n) is 14.7. The van der Waals surface area contributed by atoms with Crippen LogP contribution in [-0.2, 0) is 4.79 Å². The first-order chi connectivity index (χ1) is 14.0. The summed E-state index contributed by atoms with van der Waals surface area (Å²) in [5, 5.41) is 5.79. The van der Waals surface area contributed by atoms with Crippen LogP contribution in [0.2, 0.25) is 5.02 Å². The summed E-state index contributed by atoms with van der Waals surface area (Å²) in [6.45, 7) is 0. The first-order valence-corrected chi connectivity index (χ1v) is 10.7. The smallest absolute Gasteiger partial charge is 0.260 e. The lowest BCUT2D eigenvalue weighted by Crippen LogP contribution is -2.15. The van der Waals surface area contributed by atoms with Crippen LogP contribution in [0.3, 0.4) is 0 Å². The first-order valence-electron chi connectivity index (χ1n) is 8.46. The summed E-state index contributed by atoms with van der Waals surface area (Å²) in [5.41, 5.74) is 1.67. The Morgan fingerprint density at radius 1 is 1.21 bits per heavy atom. The molecule has 0 aliphatic heterocycles. The number of carbonyl (C=O) groups excluding carboxylic acids is 1. The van der Waals surface area contributed by atoms with Crippen molar-refractivity contribution >= 4 is 56.5 Å². The van der Waals surface area contributed by atoms with E-state index in [4.69, 9.17) is 11.6 Å². The molecule has 0 unspecified atom stereocenters. The number of benzene rings is 2. The van der Waals surface area contributed by atoms with Gasteiger partial charge in [0.25, 0.3) is 5.56 Å². The molecule has 0 fully saturated rings. The van der Waals surface area contributed by atoms with E-state index in [1.54, 1.807) is 36.4 Å². The molecule has 0 radical (unpaired) electrons. The van der Waals surface area contributed by atoms with E-state index < -0.39 is 0 Å². The molecule has 9 heteroatoms. The molecule has 1 amide bonds. The third-order valence-corrected chi connectivity index (χ3v) is 6.14. The van der Waals surface area contributed by atoms with Crippen LogP contribution in [0.25, 0.3) is 21.3 Å². The largest absolute Gasteiger partial charge is 0.324 e. The molecule has 2 aromatic heterocycles. The number of carbonyl (C=O) groups is 1. The molecule has 0 aliphatic rings. The summed E-state index contributed by atoms with van der Waals surface area (Å²) in [4.78, 5) is 32.5. The number of rotatable bonds is 5. The fourth-order valence-corrected chi connectivity index (χ4v) is 4.57. The Kier molecular flexibility index (Phi) is 5.66. The summed E-state index contributed by atoms with van der Waals surface area (Å²) in [7, 11) is 0. The van der Waals surface area contributed by atoms with Crippen molar-refractivity contribution < 1.29 is 9.18 Å². The van der Waals surface area contributed by atoms with E-state index in [1.807, 2.05) is 5.38 Å². The third-order valence-electron chi connectivity index (χ3n) is 4.07. The van der Waals surface area contributed by atoms with Crippen molar-refractivity contribution in [2.45, 2.75) is 5.16 Å². The minimum Gasteiger partial charge on any atom is -0.324 e. The number of hydrogen-bond donors (Lipinski definition) is 2. The predicted octanol–water partition coefficient (Wildman–Crippen LogP) is 5.17. The van der Waals surface area contributed by atoms with Crippen molar-refractivity contribution in [2.75, 3.05) is 11.1 Å². The number of aromatic amines is 1. The molecule has 2 heterocycles. The quantitative estimate of drug-likeness (QED) is 0.328. The lowest BCUT2D eigenvalue weighted by Gasteiger charge is -2.06. The van der Waals surface area contributed by atoms with Crippen molar-refractivity contribution in [1.82, 2.24) is 9.97 Å². The number of fused-ring (bicyclic) bond motifs is 1. The van der Waals surface area contributed by atoms with E-state index >= 15 is 0 Å². The van der Waals surface area contributed by atoms with Crippen LogP contribution in [-0.4, -0.2) is 21.6 Å². The fourth-order valence-electron chi connectivity index (χ4n) is 2.72. The number of anilines is 1. The highest BCUT2D eigenvalue weighted by Gasteiger charge is 2.14. The normalized spacial score (nSPS) is 11.0. The standard InChI is InChI=1S/C20H13ClFN3O2S2/c21-14-3-1-2-4-15(14)23-16(26)10-29-20-24-18(27)17-13(9-28-19(17)25-20)11-5-7-12(22)8-6-11/h1-9H,10H2,(H,23,26)(H,24,25,27). The number of amides is 1. The number of aromatic nitrogens is 2. The number of thiophene rings is 1. The minimum atomic E-state index is -0.339. The van der Waals surface area contributed by atoms with Crippen molar-refractivity contribution in [3.05, 3.63) is 75.1 Å². The van der Waals surface area contributed by atoms with Crippen LogP contribution in [0.15, 0.2) is 63.9 Å². The number of nitrogens with zero attached hydrogens (tertiary/aromatic N) is 1. The second-order valence-corrected chi connectivity index (χ2v) is 8.25. The number of hydrogen-bond acceptors (Lipinski definition) is 5. The highest BCUT2D eigenvalue weighted by atomic mass is 35.5. The molecule has 146 valence electrons. The van der Waals surface area contributed by atoms with Gasteiger partial charge in [0, 0.05) is 10.9 Å². The molecular formula is C20H13ClFN3O2S2. The van der Waals surface area contributed by atoms with Crippen LogP contribution < -0.4 is 10.9 Å². The molecule has 4 rings (SSSR count). The van der Waals surface area contributed by atoms with E-state index in [9.17, 15) is 14.0 Å². The van der Waals surface area contributed by atoms with Crippen molar-refractivity contribution in [3.63, 3.8) is 0 Å². The Bertz CT molecular complexity index is 1250. The molecule has 0 saturated heterocycles. The van der Waals surface area contributed by atoms with Crippen LogP contribution in [0.4, 0.5) is 10.1 Å². The summed E-state index contributed by atoms with van der Waals surface area (Å²) < 4.78 is 13.2. The van der Waals surface area contributed by atoms with Gasteiger partial charge in [0.2, 0.25) is 5.91 Å². The Morgan fingerprint density at radius 3 is 2.72 bits per heavy atom. The number of H-pyrrole nitrogens is 1. The van der Waals surface area contributed by atoms with Gasteiger partial charge in [-0.3, -0.25) is 9.59 Å². The first kappa shape index (κ1) is 19.6. The van der Waals surface area contributed by atoms with E-state index in [1.165, 1.54) is 23.5 Å². The third kappa shape index (κ3) is 4.34. The van der Waals surface area contributed by atoms with Crippen LogP contribution in [0, 0.1) is 5.82 Å². The predicted molar refractivity (Wildman–Crippen MR) is 116 cm³/mol. The van der Waals surface area contributed by atoms with Gasteiger partial charge in [0.1, 0.15) is 10.6 Å². The SMILES string of the molecule is O=C(CSc1nc2scc(-c3ccc(F)cc3)c2c(=O)[nH]1)Nc1ccccc1Cl. The van der Waals surface area contributed by atoms with Gasteiger partial charge in [-0.2, -0.15) is 0 Å². The van der Waals surface area contributed by atoms with Crippen molar-refractivity contribution in [3.8, 4) is 11.1 Å². The van der Waals surface area contributed by atoms with Crippen LogP contribution in [0.1, 0.15) is 0 Å². The summed E-state index contributed by atoms with van der Waals surface area (Å²) in [6.07, 6.45) is 0. The molecule has 2 aromatic carbocycles. The molecule has 0 aliphatic carbocycles. The van der Waals surface area contributed by atoms with Gasteiger partial charge in [-0.15, -0.1) is 11.3 Å². The fraction of sp³-hybridized carbons (Fsp3) is 0.0500. The maximum absolute atomic E-state index is 13.2. The maximum Gasteiger partial charge on any atom is 0.260 e. The molecule has 4 aromatic rings. The summed E-state index contributed by atoms with van der Waals surface area (Å²) >= 11 is 8.48. The molecule has 0 bridgehead atoms. The zero-order valence-corrected chi connectivity index (χ0v) is 17.1. The minimum absolute atomic E-state index is 0.0653. The Morgan fingerprint density at radius 2 is 1.97 bits per heavy atom. The molecule has 2 N–H and O–H groups in total. The number of para-hydroxylation sites is 1. The number of nitrogens with one attached hydrogen (secondary N) is 2. The van der Waals surface area contributed by atoms with E-state index in [-0.39, 0.29) is 23.0 Å². The molecule has 29 heavy (non-hydrogen) atoms. The van der Waals surface area contributed by atoms with Gasteiger partial charge >= 0.3 is 0 Å². The second kappa shape index (κ2) is 8.36. The van der Waals surface area contributed by atoms with Gasteiger partial charge in [-0.05, 0) is 29.8 Å². The molecule has 0 saturated carbocycles. The lowest BCUT2D eigenvalue weighted by molar-refractivity contribution is -0.113. The monoisotopic (exact) mass is 445 g/mol. The van der Waals surface area contributed by atoms with Crippen molar-refractivity contribution in [2.24, 2.45) is 0 Å². The number of halogens is 2. The summed E-state index contributed by atoms with van der Waals surface area (Å²) in [5.74, 6) is -0.534. The van der Waals surface area contributed by atoms with E-state index in [0.29, 0.717) is 31.6 Å². The maximum atomic E-state index is 13.2. The van der Waals surface area contributed by atoms with Gasteiger partial charge in [-0.25, -0.2) is 9.37 Å². The number of thioether (sulfide) groups is 1. The average molecular weight is 446 g/mol. The molecule has 0 spiro atoms. The van der Waals surface area contributed by atoms with Gasteiger partial charge in [0.15, 0.2) is 5.16 Å². The Labute approximate surface area is 178 Å². The topological polar surface area (TPSA) is 74.8 Å². The second-order valence-electron chi connectivity index (χ2n) is 6.02. The molecule has 0 atom stereocenters. The molecular weight excluding hydrogens is 433 g/mol. The van der Waals surface area contributed by atoms with E-state index in [2.05, 4.69) is 15.3 Å². The van der Waals surface area contributed by atoms with Gasteiger partial charge in [0.05, 0.1) is 21.8 Å². The molecule has 5 nitrogen and oxygen atoms in total. The van der Waals surface area contributed by atoms with E-state index in [0.717, 1.165) is 17.3 Å². The average Bonchev–Trinajstić information content (AvgIpc) is 3.13. The van der Waals surface area contributed by atoms with Crippen LogP contribution in [0.5, 0.6) is 0 Å². The van der Waals surface area contributed by atoms with Crippen LogP contribution >= 0.6 is 34.7 Å². The highest BCUT2D eigenvalue weighted by molar-refractivity contribution is 7.99. The zero-order chi connectivity index (χ0) is 20.4. The Balaban J connectivity index is 1.52. The highest BCUT2D eigenvalue weighted by Crippen LogP contribution is 2.31. The Hall–Kier alpha value is -2.68. The summed E-state index contributed by atoms with van der Waals surface area (Å²) in [6, 6.07) is 12.9. The van der Waals surface area contributed by atoms with Crippen molar-refractivity contribution in [1.29, 1.82) is 0 Å². The lowest BCUT2D eigenvalue weighted by atomic mass is 10.1.